The molecule has 0 aliphatic rings. The minimum atomic E-state index is -0.858. The maximum Gasteiger partial charge on any atom is 0.317 e. The topological polar surface area (TPSA) is 88.7 Å². The number of aromatic nitrogens is 2. The standard InChI is InChI=1S/C28H29N3O4/c1-4-20-9-5-6-11-24(20)25-13-12-22(15-23(25)18-34-3)28-29-27(30-35-28)21-10-7-8-19(14-21)16-31(2)17-26(32)33/h5-15H,4,16-18H2,1-3H3,(H,32,33). The van der Waals surface area contributed by atoms with E-state index in [1.807, 2.05) is 36.4 Å². The Morgan fingerprint density at radius 3 is 2.57 bits per heavy atom. The number of methoxy groups -OCH3 is 1. The number of hydrogen-bond donors (Lipinski definition) is 1. The van der Waals surface area contributed by atoms with E-state index >= 15 is 0 Å². The van der Waals surface area contributed by atoms with Gasteiger partial charge in [-0.05, 0) is 59.5 Å². The molecule has 0 radical (unpaired) electrons. The maximum atomic E-state index is 10.9. The molecule has 0 saturated heterocycles. The van der Waals surface area contributed by atoms with Crippen molar-refractivity contribution in [2.75, 3.05) is 20.7 Å². The van der Waals surface area contributed by atoms with Crippen molar-refractivity contribution >= 4 is 5.97 Å². The summed E-state index contributed by atoms with van der Waals surface area (Å²) in [5, 5.41) is 13.2. The van der Waals surface area contributed by atoms with Crippen LogP contribution in [0.3, 0.4) is 0 Å². The van der Waals surface area contributed by atoms with Crippen LogP contribution >= 0.6 is 0 Å². The molecule has 4 aromatic rings. The van der Waals surface area contributed by atoms with Gasteiger partial charge in [0.15, 0.2) is 0 Å². The Labute approximate surface area is 205 Å². The van der Waals surface area contributed by atoms with Crippen molar-refractivity contribution in [2.24, 2.45) is 0 Å². The first-order valence-corrected chi connectivity index (χ1v) is 11.5. The second-order valence-corrected chi connectivity index (χ2v) is 8.51. The molecule has 1 heterocycles. The van der Waals surface area contributed by atoms with Crippen molar-refractivity contribution in [2.45, 2.75) is 26.5 Å². The molecule has 0 spiro atoms. The van der Waals surface area contributed by atoms with Gasteiger partial charge in [-0.15, -0.1) is 0 Å². The summed E-state index contributed by atoms with van der Waals surface area (Å²) < 4.78 is 11.1. The SMILES string of the molecule is CCc1ccccc1-c1ccc(-c2nc(-c3cccc(CN(C)CC(=O)O)c3)no2)cc1COC. The van der Waals surface area contributed by atoms with Gasteiger partial charge in [-0.2, -0.15) is 4.98 Å². The highest BCUT2D eigenvalue weighted by atomic mass is 16.5. The molecule has 1 N–H and O–H groups in total. The molecule has 3 aromatic carbocycles. The summed E-state index contributed by atoms with van der Waals surface area (Å²) in [6, 6.07) is 22.2. The first-order valence-electron chi connectivity index (χ1n) is 11.5. The number of likely N-dealkylation sites (N-methyl/N-ethyl adjacent to an activating group) is 1. The fourth-order valence-corrected chi connectivity index (χ4v) is 4.22. The van der Waals surface area contributed by atoms with Gasteiger partial charge in [0.1, 0.15) is 0 Å². The Bertz CT molecular complexity index is 1320. The molecule has 7 heteroatoms. The summed E-state index contributed by atoms with van der Waals surface area (Å²) in [5.41, 5.74) is 7.27. The molecule has 180 valence electrons. The summed E-state index contributed by atoms with van der Waals surface area (Å²) in [7, 11) is 3.46. The number of aliphatic carboxylic acids is 1. The third-order valence-electron chi connectivity index (χ3n) is 5.81. The summed E-state index contributed by atoms with van der Waals surface area (Å²) in [6.45, 7) is 3.10. The number of ether oxygens (including phenoxy) is 1. The van der Waals surface area contributed by atoms with Gasteiger partial charge in [0.05, 0.1) is 13.2 Å². The summed E-state index contributed by atoms with van der Waals surface area (Å²) in [5.74, 6) is 0.0565. The highest BCUT2D eigenvalue weighted by molar-refractivity contribution is 5.74. The lowest BCUT2D eigenvalue weighted by Gasteiger charge is -2.14. The molecule has 0 amide bonds. The van der Waals surface area contributed by atoms with Crippen molar-refractivity contribution in [3.05, 3.63) is 83.4 Å². The second kappa shape index (κ2) is 11.1. The normalized spacial score (nSPS) is 11.2. The molecule has 0 aliphatic carbocycles. The lowest BCUT2D eigenvalue weighted by atomic mass is 9.93. The fourth-order valence-electron chi connectivity index (χ4n) is 4.22. The Hall–Kier alpha value is -3.81. The molecule has 1 aromatic heterocycles. The summed E-state index contributed by atoms with van der Waals surface area (Å²) in [6.07, 6.45) is 0.947. The molecule has 0 fully saturated rings. The zero-order chi connectivity index (χ0) is 24.8. The minimum absolute atomic E-state index is 0.0287. The molecule has 0 saturated carbocycles. The first-order chi connectivity index (χ1) is 17.0. The van der Waals surface area contributed by atoms with E-state index in [-0.39, 0.29) is 6.54 Å². The number of carboxylic acid groups (broad SMARTS) is 1. The van der Waals surface area contributed by atoms with E-state index < -0.39 is 5.97 Å². The largest absolute Gasteiger partial charge is 0.480 e. The van der Waals surface area contributed by atoms with Gasteiger partial charge in [-0.3, -0.25) is 9.69 Å². The molecule has 0 unspecified atom stereocenters. The van der Waals surface area contributed by atoms with E-state index in [9.17, 15) is 4.79 Å². The number of rotatable bonds is 10. The van der Waals surface area contributed by atoms with Crippen LogP contribution in [0.1, 0.15) is 23.6 Å². The molecule has 0 aliphatic heterocycles. The molecule has 7 nitrogen and oxygen atoms in total. The van der Waals surface area contributed by atoms with Crippen molar-refractivity contribution in [3.63, 3.8) is 0 Å². The predicted octanol–water partition coefficient (Wildman–Crippen LogP) is 5.30. The molecule has 4 rings (SSSR count). The van der Waals surface area contributed by atoms with Gasteiger partial charge < -0.3 is 14.4 Å². The van der Waals surface area contributed by atoms with E-state index in [2.05, 4.69) is 47.4 Å². The van der Waals surface area contributed by atoms with Crippen molar-refractivity contribution in [3.8, 4) is 34.0 Å². The van der Waals surface area contributed by atoms with Crippen LogP contribution in [-0.4, -0.2) is 46.8 Å². The minimum Gasteiger partial charge on any atom is -0.480 e. The number of carboxylic acids is 1. The third kappa shape index (κ3) is 5.82. The maximum absolute atomic E-state index is 10.9. The van der Waals surface area contributed by atoms with E-state index in [0.717, 1.165) is 34.2 Å². The van der Waals surface area contributed by atoms with Gasteiger partial charge in [0, 0.05) is 24.8 Å². The van der Waals surface area contributed by atoms with Crippen LogP contribution in [0.2, 0.25) is 0 Å². The molecular formula is C28H29N3O4. The Morgan fingerprint density at radius 2 is 1.80 bits per heavy atom. The van der Waals surface area contributed by atoms with Gasteiger partial charge in [0.2, 0.25) is 5.82 Å². The Morgan fingerprint density at radius 1 is 1.00 bits per heavy atom. The van der Waals surface area contributed by atoms with Crippen LogP contribution in [0.25, 0.3) is 34.0 Å². The van der Waals surface area contributed by atoms with Gasteiger partial charge in [0.25, 0.3) is 5.89 Å². The highest BCUT2D eigenvalue weighted by Crippen LogP contribution is 2.32. The summed E-state index contributed by atoms with van der Waals surface area (Å²) >= 11 is 0. The zero-order valence-electron chi connectivity index (χ0n) is 20.2. The first kappa shape index (κ1) is 24.3. The number of aryl methyl sites for hydroxylation is 1. The van der Waals surface area contributed by atoms with Crippen LogP contribution in [-0.2, 0) is 29.1 Å². The van der Waals surface area contributed by atoms with Crippen molar-refractivity contribution in [1.29, 1.82) is 0 Å². The number of nitrogens with zero attached hydrogens (tertiary/aromatic N) is 3. The Balaban J connectivity index is 1.62. The van der Waals surface area contributed by atoms with E-state index in [4.69, 9.17) is 14.4 Å². The van der Waals surface area contributed by atoms with E-state index in [0.29, 0.717) is 24.9 Å². The monoisotopic (exact) mass is 471 g/mol. The molecule has 0 atom stereocenters. The van der Waals surface area contributed by atoms with Crippen LogP contribution in [0.4, 0.5) is 0 Å². The van der Waals surface area contributed by atoms with Crippen LogP contribution in [0, 0.1) is 0 Å². The fraction of sp³-hybridized carbons (Fsp3) is 0.250. The van der Waals surface area contributed by atoms with Gasteiger partial charge in [-0.25, -0.2) is 0 Å². The number of carbonyl (C=O) groups is 1. The van der Waals surface area contributed by atoms with Crippen LogP contribution in [0.5, 0.6) is 0 Å². The van der Waals surface area contributed by atoms with E-state index in [1.165, 1.54) is 11.1 Å². The number of benzene rings is 3. The third-order valence-corrected chi connectivity index (χ3v) is 5.81. The highest BCUT2D eigenvalue weighted by Gasteiger charge is 2.15. The van der Waals surface area contributed by atoms with Crippen molar-refractivity contribution < 1.29 is 19.2 Å². The van der Waals surface area contributed by atoms with Gasteiger partial charge >= 0.3 is 5.97 Å². The van der Waals surface area contributed by atoms with Crippen LogP contribution < -0.4 is 0 Å². The van der Waals surface area contributed by atoms with E-state index in [1.54, 1.807) is 19.1 Å². The second-order valence-electron chi connectivity index (χ2n) is 8.51. The average Bonchev–Trinajstić information content (AvgIpc) is 3.34. The molecule has 35 heavy (non-hydrogen) atoms. The molecular weight excluding hydrogens is 442 g/mol. The lowest BCUT2D eigenvalue weighted by molar-refractivity contribution is -0.138. The van der Waals surface area contributed by atoms with Crippen molar-refractivity contribution in [1.82, 2.24) is 15.0 Å². The number of hydrogen-bond acceptors (Lipinski definition) is 6. The predicted molar refractivity (Wildman–Crippen MR) is 135 cm³/mol. The quantitative estimate of drug-likeness (QED) is 0.336. The van der Waals surface area contributed by atoms with Crippen LogP contribution in [0.15, 0.2) is 71.3 Å². The zero-order valence-corrected chi connectivity index (χ0v) is 20.2. The summed E-state index contributed by atoms with van der Waals surface area (Å²) in [4.78, 5) is 17.3. The molecule has 0 bridgehead atoms. The van der Waals surface area contributed by atoms with Gasteiger partial charge in [-0.1, -0.05) is 60.6 Å². The lowest BCUT2D eigenvalue weighted by Crippen LogP contribution is -2.25. The average molecular weight is 472 g/mol. The Kier molecular flexibility index (Phi) is 7.70. The smallest absolute Gasteiger partial charge is 0.317 e.